The van der Waals surface area contributed by atoms with Crippen LogP contribution in [0.2, 0.25) is 0 Å². The van der Waals surface area contributed by atoms with Crippen molar-refractivity contribution in [3.63, 3.8) is 0 Å². The van der Waals surface area contributed by atoms with Gasteiger partial charge in [0.1, 0.15) is 5.01 Å². The highest BCUT2D eigenvalue weighted by Gasteiger charge is 2.19. The second-order valence-corrected chi connectivity index (χ2v) is 6.88. The maximum Gasteiger partial charge on any atom is 0.226 e. The first-order chi connectivity index (χ1) is 10.3. The van der Waals surface area contributed by atoms with Crippen LogP contribution in [0.5, 0.6) is 0 Å². The van der Waals surface area contributed by atoms with Gasteiger partial charge in [-0.15, -0.1) is 11.3 Å². The Balaban J connectivity index is 1.92. The lowest BCUT2D eigenvalue weighted by atomic mass is 10.0. The number of hydrogen-bond acceptors (Lipinski definition) is 5. The van der Waals surface area contributed by atoms with Crippen molar-refractivity contribution in [3.8, 4) is 10.7 Å². The molecule has 2 heterocycles. The zero-order valence-electron chi connectivity index (χ0n) is 13.0. The van der Waals surface area contributed by atoms with Gasteiger partial charge in [0.15, 0.2) is 0 Å². The number of amides is 1. The standard InChI is InChI=1S/C16H21N3O2S/c1-11(9-16(2,3)21)18-14(20)8-12-10-22-15(19-12)13-6-4-5-7-17-13/h4-7,10-11,21H,8-9H2,1-3H3,(H,18,20)/t11-/m0/s1. The second-order valence-electron chi connectivity index (χ2n) is 6.02. The Hall–Kier alpha value is -1.79. The Morgan fingerprint density at radius 1 is 1.45 bits per heavy atom. The van der Waals surface area contributed by atoms with E-state index in [1.165, 1.54) is 11.3 Å². The van der Waals surface area contributed by atoms with Gasteiger partial charge in [-0.2, -0.15) is 0 Å². The van der Waals surface area contributed by atoms with Crippen LogP contribution in [0.25, 0.3) is 10.7 Å². The molecule has 22 heavy (non-hydrogen) atoms. The van der Waals surface area contributed by atoms with Crippen molar-refractivity contribution in [2.24, 2.45) is 0 Å². The van der Waals surface area contributed by atoms with E-state index in [4.69, 9.17) is 0 Å². The molecule has 2 N–H and O–H groups in total. The van der Waals surface area contributed by atoms with Crippen LogP contribution >= 0.6 is 11.3 Å². The van der Waals surface area contributed by atoms with Gasteiger partial charge in [0, 0.05) is 17.6 Å². The summed E-state index contributed by atoms with van der Waals surface area (Å²) in [6, 6.07) is 5.58. The van der Waals surface area contributed by atoms with Gasteiger partial charge in [0.2, 0.25) is 5.91 Å². The van der Waals surface area contributed by atoms with Crippen LogP contribution in [0.3, 0.4) is 0 Å². The van der Waals surface area contributed by atoms with E-state index in [0.29, 0.717) is 6.42 Å². The molecule has 2 aromatic rings. The Morgan fingerprint density at radius 2 is 2.23 bits per heavy atom. The summed E-state index contributed by atoms with van der Waals surface area (Å²) in [5.74, 6) is -0.0883. The number of carbonyl (C=O) groups excluding carboxylic acids is 1. The number of nitrogens with one attached hydrogen (secondary N) is 1. The minimum atomic E-state index is -0.792. The molecule has 6 heteroatoms. The largest absolute Gasteiger partial charge is 0.390 e. The Morgan fingerprint density at radius 3 is 2.86 bits per heavy atom. The molecule has 0 bridgehead atoms. The fourth-order valence-electron chi connectivity index (χ4n) is 2.29. The highest BCUT2D eigenvalue weighted by atomic mass is 32.1. The molecule has 0 saturated heterocycles. The minimum absolute atomic E-state index is 0.0820. The monoisotopic (exact) mass is 319 g/mol. The molecular formula is C16H21N3O2S. The summed E-state index contributed by atoms with van der Waals surface area (Å²) < 4.78 is 0. The molecular weight excluding hydrogens is 298 g/mol. The zero-order chi connectivity index (χ0) is 16.2. The van der Waals surface area contributed by atoms with E-state index < -0.39 is 5.60 Å². The Kier molecular flexibility index (Phi) is 5.26. The van der Waals surface area contributed by atoms with Gasteiger partial charge in [-0.3, -0.25) is 9.78 Å². The predicted molar refractivity (Wildman–Crippen MR) is 87.6 cm³/mol. The van der Waals surface area contributed by atoms with Crippen LogP contribution in [0.1, 0.15) is 32.9 Å². The molecule has 0 aliphatic carbocycles. The summed E-state index contributed by atoms with van der Waals surface area (Å²) in [6.07, 6.45) is 2.47. The smallest absolute Gasteiger partial charge is 0.226 e. The molecule has 0 radical (unpaired) electrons. The van der Waals surface area contributed by atoms with E-state index in [1.807, 2.05) is 30.5 Å². The normalized spacial score (nSPS) is 12.9. The van der Waals surface area contributed by atoms with Crippen molar-refractivity contribution in [3.05, 3.63) is 35.5 Å². The van der Waals surface area contributed by atoms with Gasteiger partial charge in [-0.25, -0.2) is 4.98 Å². The molecule has 2 aromatic heterocycles. The lowest BCUT2D eigenvalue weighted by Gasteiger charge is -2.22. The number of aliphatic hydroxyl groups is 1. The third-order valence-corrected chi connectivity index (χ3v) is 3.90. The molecule has 1 amide bonds. The Labute approximate surface area is 134 Å². The van der Waals surface area contributed by atoms with Gasteiger partial charge in [0.25, 0.3) is 0 Å². The van der Waals surface area contributed by atoms with E-state index in [-0.39, 0.29) is 18.4 Å². The summed E-state index contributed by atoms with van der Waals surface area (Å²) in [4.78, 5) is 20.7. The van der Waals surface area contributed by atoms with E-state index in [9.17, 15) is 9.90 Å². The van der Waals surface area contributed by atoms with E-state index in [2.05, 4.69) is 15.3 Å². The van der Waals surface area contributed by atoms with Crippen molar-refractivity contribution in [1.29, 1.82) is 0 Å². The highest BCUT2D eigenvalue weighted by molar-refractivity contribution is 7.13. The zero-order valence-corrected chi connectivity index (χ0v) is 13.9. The number of nitrogens with zero attached hydrogens (tertiary/aromatic N) is 2. The van der Waals surface area contributed by atoms with Crippen LogP contribution < -0.4 is 5.32 Å². The van der Waals surface area contributed by atoms with Crippen LogP contribution in [0.15, 0.2) is 29.8 Å². The molecule has 0 aliphatic rings. The van der Waals surface area contributed by atoms with Gasteiger partial charge in [0.05, 0.1) is 23.4 Å². The van der Waals surface area contributed by atoms with E-state index >= 15 is 0 Å². The third-order valence-electron chi connectivity index (χ3n) is 2.99. The molecule has 5 nitrogen and oxygen atoms in total. The average Bonchev–Trinajstić information content (AvgIpc) is 2.85. The highest BCUT2D eigenvalue weighted by Crippen LogP contribution is 2.21. The first kappa shape index (κ1) is 16.6. The van der Waals surface area contributed by atoms with Crippen LogP contribution in [0, 0.1) is 0 Å². The fraction of sp³-hybridized carbons (Fsp3) is 0.438. The molecule has 0 saturated carbocycles. The van der Waals surface area contributed by atoms with E-state index in [0.717, 1.165) is 16.4 Å². The number of pyridine rings is 1. The molecule has 0 aromatic carbocycles. The number of thiazole rings is 1. The fourth-order valence-corrected chi connectivity index (χ4v) is 3.08. The summed E-state index contributed by atoms with van der Waals surface area (Å²) in [5.41, 5.74) is 0.757. The van der Waals surface area contributed by atoms with Crippen LogP contribution in [-0.4, -0.2) is 32.6 Å². The van der Waals surface area contributed by atoms with Crippen LogP contribution in [-0.2, 0) is 11.2 Å². The molecule has 118 valence electrons. The number of aromatic nitrogens is 2. The van der Waals surface area contributed by atoms with Gasteiger partial charge in [-0.05, 0) is 39.3 Å². The summed E-state index contributed by atoms with van der Waals surface area (Å²) in [7, 11) is 0. The number of rotatable bonds is 6. The minimum Gasteiger partial charge on any atom is -0.390 e. The molecule has 0 fully saturated rings. The van der Waals surface area contributed by atoms with Crippen molar-refractivity contribution in [2.75, 3.05) is 0 Å². The van der Waals surface area contributed by atoms with Crippen molar-refractivity contribution >= 4 is 17.2 Å². The molecule has 0 spiro atoms. The summed E-state index contributed by atoms with van der Waals surface area (Å²) in [5, 5.41) is 15.3. The quantitative estimate of drug-likeness (QED) is 0.857. The maximum absolute atomic E-state index is 12.0. The van der Waals surface area contributed by atoms with Gasteiger partial charge < -0.3 is 10.4 Å². The summed E-state index contributed by atoms with van der Waals surface area (Å²) in [6.45, 7) is 5.35. The number of carbonyl (C=O) groups is 1. The van der Waals surface area contributed by atoms with E-state index in [1.54, 1.807) is 20.0 Å². The van der Waals surface area contributed by atoms with Gasteiger partial charge >= 0.3 is 0 Å². The maximum atomic E-state index is 12.0. The molecule has 0 aliphatic heterocycles. The predicted octanol–water partition coefficient (Wildman–Crippen LogP) is 2.41. The molecule has 2 rings (SSSR count). The van der Waals surface area contributed by atoms with Crippen molar-refractivity contribution < 1.29 is 9.90 Å². The molecule has 1 atom stereocenters. The summed E-state index contributed by atoms with van der Waals surface area (Å²) >= 11 is 1.48. The number of hydrogen-bond donors (Lipinski definition) is 2. The lowest BCUT2D eigenvalue weighted by molar-refractivity contribution is -0.121. The van der Waals surface area contributed by atoms with Crippen LogP contribution in [0.4, 0.5) is 0 Å². The lowest BCUT2D eigenvalue weighted by Crippen LogP contribution is -2.38. The van der Waals surface area contributed by atoms with Gasteiger partial charge in [-0.1, -0.05) is 6.07 Å². The SMILES string of the molecule is C[C@@H](CC(C)(C)O)NC(=O)Cc1csc(-c2ccccn2)n1. The van der Waals surface area contributed by atoms with Crippen molar-refractivity contribution in [2.45, 2.75) is 45.3 Å². The Bertz CT molecular complexity index is 620. The molecule has 0 unspecified atom stereocenters. The van der Waals surface area contributed by atoms with Crippen molar-refractivity contribution in [1.82, 2.24) is 15.3 Å². The third kappa shape index (κ3) is 5.20. The first-order valence-corrected chi connectivity index (χ1v) is 8.09. The first-order valence-electron chi connectivity index (χ1n) is 7.21. The second kappa shape index (κ2) is 6.98. The topological polar surface area (TPSA) is 75.1 Å². The average molecular weight is 319 g/mol.